The normalized spacial score (nSPS) is 12.0. The van der Waals surface area contributed by atoms with Gasteiger partial charge in [-0.2, -0.15) is 0 Å². The summed E-state index contributed by atoms with van der Waals surface area (Å²) in [6.45, 7) is 4.04. The van der Waals surface area contributed by atoms with E-state index in [9.17, 15) is 9.18 Å². The molecule has 6 nitrogen and oxygen atoms in total. The van der Waals surface area contributed by atoms with E-state index in [0.717, 1.165) is 23.7 Å². The SMILES string of the molecule is CCc1ccc([C@H](C)NC(=O)CSc2nnc(-c3ccccc3F)n2N)cc1. The molecule has 0 saturated carbocycles. The third-order valence-corrected chi connectivity index (χ3v) is 5.32. The van der Waals surface area contributed by atoms with Crippen LogP contribution in [-0.2, 0) is 11.2 Å². The second-order valence-corrected chi connectivity index (χ2v) is 7.27. The smallest absolute Gasteiger partial charge is 0.230 e. The van der Waals surface area contributed by atoms with Crippen LogP contribution in [0.25, 0.3) is 11.4 Å². The van der Waals surface area contributed by atoms with Crippen molar-refractivity contribution in [3.05, 3.63) is 65.5 Å². The van der Waals surface area contributed by atoms with E-state index < -0.39 is 5.82 Å². The minimum Gasteiger partial charge on any atom is -0.349 e. The van der Waals surface area contributed by atoms with E-state index >= 15 is 0 Å². The number of amides is 1. The van der Waals surface area contributed by atoms with E-state index in [1.165, 1.54) is 16.3 Å². The van der Waals surface area contributed by atoms with E-state index in [1.807, 2.05) is 19.1 Å². The van der Waals surface area contributed by atoms with Gasteiger partial charge in [-0.3, -0.25) is 4.79 Å². The number of benzene rings is 2. The number of hydrogen-bond acceptors (Lipinski definition) is 5. The number of nitrogens with two attached hydrogens (primary N) is 1. The van der Waals surface area contributed by atoms with Crippen LogP contribution in [0.3, 0.4) is 0 Å². The number of nitrogens with zero attached hydrogens (tertiary/aromatic N) is 3. The Hall–Kier alpha value is -2.87. The van der Waals surface area contributed by atoms with Crippen molar-refractivity contribution in [2.24, 2.45) is 0 Å². The molecular weight excluding hydrogens is 377 g/mol. The molecular formula is C20H22FN5OS. The van der Waals surface area contributed by atoms with E-state index in [-0.39, 0.29) is 29.1 Å². The fraction of sp³-hybridized carbons (Fsp3) is 0.250. The van der Waals surface area contributed by atoms with Gasteiger partial charge in [0.05, 0.1) is 17.4 Å². The standard InChI is InChI=1S/C20H22FN5OS/c1-3-14-8-10-15(11-9-14)13(2)23-18(27)12-28-20-25-24-19(26(20)22)16-6-4-5-7-17(16)21/h4-11,13H,3,12,22H2,1-2H3,(H,23,27)/t13-/m0/s1. The summed E-state index contributed by atoms with van der Waals surface area (Å²) in [4.78, 5) is 12.3. The number of carbonyl (C=O) groups excluding carboxylic acids is 1. The van der Waals surface area contributed by atoms with Gasteiger partial charge >= 0.3 is 0 Å². The number of aromatic nitrogens is 3. The van der Waals surface area contributed by atoms with Crippen LogP contribution in [0.4, 0.5) is 4.39 Å². The van der Waals surface area contributed by atoms with Crippen molar-refractivity contribution < 1.29 is 9.18 Å². The molecule has 28 heavy (non-hydrogen) atoms. The Balaban J connectivity index is 1.59. The average molecular weight is 399 g/mol. The van der Waals surface area contributed by atoms with Gasteiger partial charge in [0.15, 0.2) is 5.82 Å². The highest BCUT2D eigenvalue weighted by molar-refractivity contribution is 7.99. The lowest BCUT2D eigenvalue weighted by atomic mass is 10.1. The van der Waals surface area contributed by atoms with Crippen LogP contribution >= 0.6 is 11.8 Å². The lowest BCUT2D eigenvalue weighted by Gasteiger charge is -2.14. The highest BCUT2D eigenvalue weighted by Gasteiger charge is 2.17. The van der Waals surface area contributed by atoms with Crippen LogP contribution in [0, 0.1) is 5.82 Å². The van der Waals surface area contributed by atoms with Crippen molar-refractivity contribution in [2.75, 3.05) is 11.6 Å². The van der Waals surface area contributed by atoms with Gasteiger partial charge in [0.25, 0.3) is 0 Å². The summed E-state index contributed by atoms with van der Waals surface area (Å²) in [6, 6.07) is 14.3. The number of aryl methyl sites for hydroxylation is 1. The Bertz CT molecular complexity index is 957. The molecule has 0 fully saturated rings. The predicted octanol–water partition coefficient (Wildman–Crippen LogP) is 3.33. The molecule has 1 amide bonds. The van der Waals surface area contributed by atoms with Gasteiger partial charge < -0.3 is 11.2 Å². The van der Waals surface area contributed by atoms with E-state index in [1.54, 1.807) is 18.2 Å². The van der Waals surface area contributed by atoms with E-state index in [4.69, 9.17) is 5.84 Å². The molecule has 1 atom stereocenters. The molecule has 3 aromatic rings. The minimum atomic E-state index is -0.432. The van der Waals surface area contributed by atoms with Gasteiger partial charge in [-0.05, 0) is 36.6 Å². The van der Waals surface area contributed by atoms with Gasteiger partial charge in [0.1, 0.15) is 5.82 Å². The Labute approximate surface area is 167 Å². The maximum Gasteiger partial charge on any atom is 0.230 e. The second kappa shape index (κ2) is 8.88. The first kappa shape index (κ1) is 19.9. The zero-order valence-corrected chi connectivity index (χ0v) is 16.5. The molecule has 0 spiro atoms. The van der Waals surface area contributed by atoms with Crippen molar-refractivity contribution in [3.8, 4) is 11.4 Å². The van der Waals surface area contributed by atoms with Gasteiger partial charge in [-0.15, -0.1) is 10.2 Å². The average Bonchev–Trinajstić information content (AvgIpc) is 3.07. The minimum absolute atomic E-state index is 0.108. The number of hydrogen-bond donors (Lipinski definition) is 2. The summed E-state index contributed by atoms with van der Waals surface area (Å²) < 4.78 is 15.1. The summed E-state index contributed by atoms with van der Waals surface area (Å²) in [5.41, 5.74) is 2.56. The fourth-order valence-corrected chi connectivity index (χ4v) is 3.41. The topological polar surface area (TPSA) is 85.8 Å². The van der Waals surface area contributed by atoms with Crippen LogP contribution in [0.15, 0.2) is 53.7 Å². The third kappa shape index (κ3) is 4.51. The maximum absolute atomic E-state index is 13.9. The predicted molar refractivity (Wildman–Crippen MR) is 109 cm³/mol. The summed E-state index contributed by atoms with van der Waals surface area (Å²) in [5.74, 6) is 5.75. The summed E-state index contributed by atoms with van der Waals surface area (Å²) >= 11 is 1.15. The van der Waals surface area contributed by atoms with Crippen molar-refractivity contribution in [1.82, 2.24) is 20.2 Å². The Kier molecular flexibility index (Phi) is 6.30. The van der Waals surface area contributed by atoms with Crippen LogP contribution in [0.2, 0.25) is 0 Å². The van der Waals surface area contributed by atoms with Crippen molar-refractivity contribution >= 4 is 17.7 Å². The Morgan fingerprint density at radius 1 is 1.21 bits per heavy atom. The highest BCUT2D eigenvalue weighted by atomic mass is 32.2. The van der Waals surface area contributed by atoms with Crippen LogP contribution in [0.1, 0.15) is 31.0 Å². The van der Waals surface area contributed by atoms with Crippen LogP contribution in [-0.4, -0.2) is 26.5 Å². The second-order valence-electron chi connectivity index (χ2n) is 6.33. The molecule has 8 heteroatoms. The third-order valence-electron chi connectivity index (χ3n) is 4.38. The molecule has 0 radical (unpaired) electrons. The van der Waals surface area contributed by atoms with E-state index in [2.05, 4.69) is 34.6 Å². The quantitative estimate of drug-likeness (QED) is 0.470. The molecule has 0 bridgehead atoms. The number of thioether (sulfide) groups is 1. The summed E-state index contributed by atoms with van der Waals surface area (Å²) in [6.07, 6.45) is 0.978. The Morgan fingerprint density at radius 2 is 1.93 bits per heavy atom. The lowest BCUT2D eigenvalue weighted by Crippen LogP contribution is -2.28. The molecule has 0 unspecified atom stereocenters. The van der Waals surface area contributed by atoms with Crippen molar-refractivity contribution in [1.29, 1.82) is 0 Å². The number of halogens is 1. The first-order valence-electron chi connectivity index (χ1n) is 8.96. The number of rotatable bonds is 7. The molecule has 1 heterocycles. The molecule has 1 aromatic heterocycles. The monoisotopic (exact) mass is 399 g/mol. The molecule has 0 aliphatic rings. The molecule has 3 N–H and O–H groups in total. The van der Waals surface area contributed by atoms with E-state index in [0.29, 0.717) is 5.16 Å². The molecule has 0 aliphatic heterocycles. The Morgan fingerprint density at radius 3 is 2.61 bits per heavy atom. The summed E-state index contributed by atoms with van der Waals surface area (Å²) in [7, 11) is 0. The van der Waals surface area contributed by atoms with Gasteiger partial charge in [-0.1, -0.05) is 55.1 Å². The van der Waals surface area contributed by atoms with Gasteiger partial charge in [0, 0.05) is 0 Å². The summed E-state index contributed by atoms with van der Waals surface area (Å²) in [5, 5.41) is 11.2. The first-order chi connectivity index (χ1) is 13.5. The largest absolute Gasteiger partial charge is 0.349 e. The molecule has 0 saturated heterocycles. The number of carbonyl (C=O) groups is 1. The molecule has 2 aromatic carbocycles. The number of nitrogens with one attached hydrogen (secondary N) is 1. The van der Waals surface area contributed by atoms with Gasteiger partial charge in [0.2, 0.25) is 11.1 Å². The van der Waals surface area contributed by atoms with Gasteiger partial charge in [-0.25, -0.2) is 9.07 Å². The molecule has 0 aliphatic carbocycles. The highest BCUT2D eigenvalue weighted by Crippen LogP contribution is 2.23. The fourth-order valence-electron chi connectivity index (χ4n) is 2.74. The van der Waals surface area contributed by atoms with Crippen LogP contribution < -0.4 is 11.2 Å². The zero-order valence-electron chi connectivity index (χ0n) is 15.7. The lowest BCUT2D eigenvalue weighted by molar-refractivity contribution is -0.119. The first-order valence-corrected chi connectivity index (χ1v) is 9.94. The molecule has 146 valence electrons. The van der Waals surface area contributed by atoms with Crippen molar-refractivity contribution in [2.45, 2.75) is 31.5 Å². The van der Waals surface area contributed by atoms with Crippen molar-refractivity contribution in [3.63, 3.8) is 0 Å². The maximum atomic E-state index is 13.9. The number of nitrogen functional groups attached to an aromatic ring is 1. The zero-order chi connectivity index (χ0) is 20.1. The molecule has 3 rings (SSSR count). The van der Waals surface area contributed by atoms with Crippen LogP contribution in [0.5, 0.6) is 0 Å².